The van der Waals surface area contributed by atoms with Crippen molar-refractivity contribution in [1.82, 2.24) is 9.80 Å². The van der Waals surface area contributed by atoms with E-state index < -0.39 is 31.0 Å². The molecule has 0 saturated heterocycles. The lowest BCUT2D eigenvalue weighted by molar-refractivity contribution is -0.138. The summed E-state index contributed by atoms with van der Waals surface area (Å²) < 4.78 is 0. The fraction of sp³-hybridized carbons (Fsp3) is 0.462. The van der Waals surface area contributed by atoms with Crippen LogP contribution in [0.3, 0.4) is 0 Å². The van der Waals surface area contributed by atoms with Gasteiger partial charge in [-0.25, -0.2) is 4.79 Å². The molecule has 1 aliphatic rings. The minimum atomic E-state index is -1.17. The number of carbonyl (C=O) groups excluding carboxylic acids is 2. The van der Waals surface area contributed by atoms with Gasteiger partial charge in [-0.2, -0.15) is 0 Å². The Hall–Kier alpha value is -2.09. The van der Waals surface area contributed by atoms with Gasteiger partial charge >= 0.3 is 12.0 Å². The summed E-state index contributed by atoms with van der Waals surface area (Å²) in [6.45, 7) is -0.496. The molecule has 0 atom stereocenters. The summed E-state index contributed by atoms with van der Waals surface area (Å²) in [5.41, 5.74) is 5.09. The van der Waals surface area contributed by atoms with E-state index in [0.717, 1.165) is 22.6 Å². The number of hydrogen-bond donors (Lipinski definition) is 2. The number of nitrogens with two attached hydrogens (primary N) is 1. The van der Waals surface area contributed by atoms with Crippen LogP contribution >= 0.6 is 11.3 Å². The lowest BCUT2D eigenvalue weighted by Gasteiger charge is -2.28. The zero-order valence-electron chi connectivity index (χ0n) is 11.4. The second-order valence-electron chi connectivity index (χ2n) is 4.94. The summed E-state index contributed by atoms with van der Waals surface area (Å²) in [7, 11) is 0. The van der Waals surface area contributed by atoms with Crippen LogP contribution in [0.25, 0.3) is 0 Å². The van der Waals surface area contributed by atoms with Crippen LogP contribution in [0.5, 0.6) is 0 Å². The van der Waals surface area contributed by atoms with Gasteiger partial charge in [-0.15, -0.1) is 11.3 Å². The van der Waals surface area contributed by atoms with Crippen molar-refractivity contribution in [1.29, 1.82) is 0 Å². The average molecular weight is 311 g/mol. The van der Waals surface area contributed by atoms with Crippen LogP contribution in [-0.4, -0.2) is 51.9 Å². The van der Waals surface area contributed by atoms with E-state index in [1.165, 1.54) is 11.3 Å². The number of carboxylic acids is 1. The minimum Gasteiger partial charge on any atom is -0.480 e. The van der Waals surface area contributed by atoms with Crippen LogP contribution in [0.15, 0.2) is 17.5 Å². The summed E-state index contributed by atoms with van der Waals surface area (Å²) in [6, 6.07) is 3.48. The molecule has 0 aromatic carbocycles. The number of urea groups is 1. The molecule has 1 aromatic rings. The van der Waals surface area contributed by atoms with Crippen LogP contribution in [0, 0.1) is 0 Å². The van der Waals surface area contributed by atoms with Crippen LogP contribution < -0.4 is 5.73 Å². The van der Waals surface area contributed by atoms with Gasteiger partial charge in [-0.05, 0) is 24.3 Å². The molecule has 1 aromatic heterocycles. The van der Waals surface area contributed by atoms with Gasteiger partial charge in [0.15, 0.2) is 0 Å². The monoisotopic (exact) mass is 311 g/mol. The van der Waals surface area contributed by atoms with Gasteiger partial charge in [-0.1, -0.05) is 6.07 Å². The number of carboxylic acid groups (broad SMARTS) is 1. The van der Waals surface area contributed by atoms with E-state index in [1.54, 1.807) is 4.90 Å². The quantitative estimate of drug-likeness (QED) is 0.773. The van der Waals surface area contributed by atoms with Gasteiger partial charge < -0.3 is 20.6 Å². The highest BCUT2D eigenvalue weighted by Crippen LogP contribution is 2.30. The molecular formula is C13H17N3O4S. The van der Waals surface area contributed by atoms with E-state index in [9.17, 15) is 14.4 Å². The SMILES string of the molecule is NC(=O)CN(CC(=O)O)C(=O)N(Cc1cccs1)C1CC1. The second-order valence-corrected chi connectivity index (χ2v) is 5.97. The van der Waals surface area contributed by atoms with Gasteiger partial charge in [0.25, 0.3) is 0 Å². The predicted octanol–water partition coefficient (Wildman–Crippen LogP) is 0.704. The average Bonchev–Trinajstić information content (AvgIpc) is 3.10. The molecular weight excluding hydrogens is 294 g/mol. The van der Waals surface area contributed by atoms with E-state index >= 15 is 0 Å². The van der Waals surface area contributed by atoms with E-state index in [2.05, 4.69) is 0 Å². The summed E-state index contributed by atoms with van der Waals surface area (Å²) in [4.78, 5) is 38.0. The number of nitrogens with zero attached hydrogens (tertiary/aromatic N) is 2. The lowest BCUT2D eigenvalue weighted by Crippen LogP contribution is -2.48. The number of rotatable bonds is 7. The van der Waals surface area contributed by atoms with Crippen LogP contribution in [0.2, 0.25) is 0 Å². The Labute approximate surface area is 125 Å². The van der Waals surface area contributed by atoms with Gasteiger partial charge in [0.2, 0.25) is 5.91 Å². The van der Waals surface area contributed by atoms with Gasteiger partial charge in [-0.3, -0.25) is 9.59 Å². The first-order valence-electron chi connectivity index (χ1n) is 6.55. The first kappa shape index (κ1) is 15.3. The molecule has 0 bridgehead atoms. The van der Waals surface area contributed by atoms with E-state index in [4.69, 9.17) is 10.8 Å². The number of aliphatic carboxylic acids is 1. The molecule has 3 amide bonds. The summed E-state index contributed by atoms with van der Waals surface area (Å²) >= 11 is 1.53. The molecule has 8 heteroatoms. The zero-order chi connectivity index (χ0) is 15.4. The predicted molar refractivity (Wildman–Crippen MR) is 76.7 cm³/mol. The van der Waals surface area contributed by atoms with E-state index in [0.29, 0.717) is 6.54 Å². The highest BCUT2D eigenvalue weighted by atomic mass is 32.1. The third-order valence-electron chi connectivity index (χ3n) is 3.08. The number of primary amides is 1. The fourth-order valence-electron chi connectivity index (χ4n) is 2.03. The van der Waals surface area contributed by atoms with Crippen LogP contribution in [0.4, 0.5) is 4.79 Å². The first-order valence-corrected chi connectivity index (χ1v) is 7.43. The molecule has 1 saturated carbocycles. The Morgan fingerprint density at radius 1 is 1.33 bits per heavy atom. The summed E-state index contributed by atoms with van der Waals surface area (Å²) in [5.74, 6) is -1.90. The van der Waals surface area contributed by atoms with Gasteiger partial charge in [0.05, 0.1) is 6.54 Å². The minimum absolute atomic E-state index is 0.115. The molecule has 1 fully saturated rings. The maximum Gasteiger partial charge on any atom is 0.323 e. The molecule has 3 N–H and O–H groups in total. The molecule has 0 spiro atoms. The van der Waals surface area contributed by atoms with Gasteiger partial charge in [0, 0.05) is 10.9 Å². The number of hydrogen-bond acceptors (Lipinski definition) is 4. The maximum absolute atomic E-state index is 12.5. The molecule has 0 aliphatic heterocycles. The van der Waals surface area contributed by atoms with Crippen LogP contribution in [-0.2, 0) is 16.1 Å². The summed E-state index contributed by atoms with van der Waals surface area (Å²) in [6.07, 6.45) is 1.79. The molecule has 0 radical (unpaired) electrons. The summed E-state index contributed by atoms with van der Waals surface area (Å²) in [5, 5.41) is 10.8. The highest BCUT2D eigenvalue weighted by Gasteiger charge is 2.35. The van der Waals surface area contributed by atoms with Crippen molar-refractivity contribution in [2.45, 2.75) is 25.4 Å². The van der Waals surface area contributed by atoms with Crippen molar-refractivity contribution in [3.05, 3.63) is 22.4 Å². The Bertz CT molecular complexity index is 512. The Morgan fingerprint density at radius 3 is 2.52 bits per heavy atom. The first-order chi connectivity index (χ1) is 9.97. The molecule has 21 heavy (non-hydrogen) atoms. The highest BCUT2D eigenvalue weighted by molar-refractivity contribution is 7.09. The maximum atomic E-state index is 12.5. The lowest BCUT2D eigenvalue weighted by atomic mass is 10.4. The topological polar surface area (TPSA) is 104 Å². The molecule has 1 heterocycles. The molecule has 7 nitrogen and oxygen atoms in total. The van der Waals surface area contributed by atoms with Gasteiger partial charge in [0.1, 0.15) is 13.1 Å². The molecule has 1 aliphatic carbocycles. The Morgan fingerprint density at radius 2 is 2.05 bits per heavy atom. The standard InChI is InChI=1S/C13H17N3O4S/c14-11(17)7-15(8-12(18)19)13(20)16(9-3-4-9)6-10-2-1-5-21-10/h1-2,5,9H,3-4,6-8H2,(H2,14,17)(H,18,19). The van der Waals surface area contributed by atoms with Crippen molar-refractivity contribution in [2.24, 2.45) is 5.73 Å². The fourth-order valence-corrected chi connectivity index (χ4v) is 2.74. The number of amides is 3. The molecule has 114 valence electrons. The number of carbonyl (C=O) groups is 3. The van der Waals surface area contributed by atoms with Crippen molar-refractivity contribution >= 4 is 29.2 Å². The molecule has 0 unspecified atom stereocenters. The van der Waals surface area contributed by atoms with Crippen molar-refractivity contribution < 1.29 is 19.5 Å². The van der Waals surface area contributed by atoms with E-state index in [1.807, 2.05) is 17.5 Å². The molecule has 2 rings (SSSR count). The Kier molecular flexibility index (Phi) is 4.79. The van der Waals surface area contributed by atoms with Crippen molar-refractivity contribution in [3.63, 3.8) is 0 Å². The normalized spacial score (nSPS) is 13.7. The van der Waals surface area contributed by atoms with Crippen LogP contribution in [0.1, 0.15) is 17.7 Å². The zero-order valence-corrected chi connectivity index (χ0v) is 12.2. The largest absolute Gasteiger partial charge is 0.480 e. The second kappa shape index (κ2) is 6.57. The Balaban J connectivity index is 2.10. The van der Waals surface area contributed by atoms with Crippen molar-refractivity contribution in [2.75, 3.05) is 13.1 Å². The third-order valence-corrected chi connectivity index (χ3v) is 3.94. The smallest absolute Gasteiger partial charge is 0.323 e. The third kappa shape index (κ3) is 4.45. The number of thiophene rings is 1. The van der Waals surface area contributed by atoms with E-state index in [-0.39, 0.29) is 6.04 Å². The van der Waals surface area contributed by atoms with Crippen molar-refractivity contribution in [3.8, 4) is 0 Å².